The number of hydrogen-bond acceptors (Lipinski definition) is 2. The molecule has 2 saturated carbocycles. The topological polar surface area (TPSA) is 46.2 Å². The summed E-state index contributed by atoms with van der Waals surface area (Å²) in [5.41, 5.74) is 0. The Morgan fingerprint density at radius 2 is 1.85 bits per heavy atom. The summed E-state index contributed by atoms with van der Waals surface area (Å²) in [4.78, 5) is 0. The molecule has 0 aromatic heterocycles. The normalized spacial score (nSPS) is 35.2. The van der Waals surface area contributed by atoms with Crippen LogP contribution in [-0.2, 0) is 10.0 Å². The third kappa shape index (κ3) is 2.17. The van der Waals surface area contributed by atoms with Crippen molar-refractivity contribution in [2.75, 3.05) is 0 Å². The highest BCUT2D eigenvalue weighted by atomic mass is 35.5. The van der Waals surface area contributed by atoms with Gasteiger partial charge in [-0.25, -0.2) is 13.1 Å². The fourth-order valence-electron chi connectivity index (χ4n) is 1.73. The SMILES string of the molecule is O=S(=O)(NC1CCCC1Cl)C1CC1. The van der Waals surface area contributed by atoms with E-state index < -0.39 is 10.0 Å². The summed E-state index contributed by atoms with van der Waals surface area (Å²) >= 11 is 5.98. The van der Waals surface area contributed by atoms with Crippen LogP contribution in [0.5, 0.6) is 0 Å². The lowest BCUT2D eigenvalue weighted by molar-refractivity contribution is 0.552. The van der Waals surface area contributed by atoms with E-state index in [-0.39, 0.29) is 16.7 Å². The molecule has 0 aromatic rings. The van der Waals surface area contributed by atoms with Gasteiger partial charge in [-0.3, -0.25) is 0 Å². The van der Waals surface area contributed by atoms with Crippen LogP contribution in [0.4, 0.5) is 0 Å². The van der Waals surface area contributed by atoms with Crippen molar-refractivity contribution in [1.82, 2.24) is 4.72 Å². The molecular formula is C8H14ClNO2S. The van der Waals surface area contributed by atoms with Crippen molar-refractivity contribution in [2.45, 2.75) is 48.8 Å². The summed E-state index contributed by atoms with van der Waals surface area (Å²) in [6, 6.07) is -0.0210. The standard InChI is InChI=1S/C8H14ClNO2S/c9-7-2-1-3-8(7)10-13(11,12)6-4-5-6/h6-8,10H,1-5H2. The Kier molecular flexibility index (Phi) is 2.55. The van der Waals surface area contributed by atoms with Gasteiger partial charge < -0.3 is 0 Å². The summed E-state index contributed by atoms with van der Waals surface area (Å²) in [5.74, 6) is 0. The Labute approximate surface area is 83.9 Å². The maximum Gasteiger partial charge on any atom is 0.214 e. The Balaban J connectivity index is 1.96. The van der Waals surface area contributed by atoms with Crippen LogP contribution < -0.4 is 4.72 Å². The average molecular weight is 224 g/mol. The van der Waals surface area contributed by atoms with Crippen LogP contribution in [0.3, 0.4) is 0 Å². The van der Waals surface area contributed by atoms with Gasteiger partial charge in [-0.2, -0.15) is 0 Å². The molecule has 2 unspecified atom stereocenters. The van der Waals surface area contributed by atoms with Crippen molar-refractivity contribution in [3.63, 3.8) is 0 Å². The number of rotatable bonds is 3. The zero-order chi connectivity index (χ0) is 9.47. The lowest BCUT2D eigenvalue weighted by atomic mass is 10.3. The molecule has 0 aliphatic heterocycles. The van der Waals surface area contributed by atoms with Gasteiger partial charge >= 0.3 is 0 Å². The van der Waals surface area contributed by atoms with E-state index in [0.717, 1.165) is 32.1 Å². The molecule has 0 amide bonds. The van der Waals surface area contributed by atoms with E-state index in [9.17, 15) is 8.42 Å². The van der Waals surface area contributed by atoms with Gasteiger partial charge in [-0.15, -0.1) is 11.6 Å². The van der Waals surface area contributed by atoms with E-state index in [1.807, 2.05) is 0 Å². The first kappa shape index (κ1) is 9.74. The van der Waals surface area contributed by atoms with Crippen molar-refractivity contribution in [2.24, 2.45) is 0 Å². The molecule has 0 heterocycles. The minimum absolute atomic E-state index is 0.00600. The van der Waals surface area contributed by atoms with Gasteiger partial charge in [0.1, 0.15) is 0 Å². The average Bonchev–Trinajstić information content (AvgIpc) is 2.80. The molecule has 76 valence electrons. The van der Waals surface area contributed by atoms with Gasteiger partial charge in [0.05, 0.1) is 5.25 Å². The van der Waals surface area contributed by atoms with Crippen LogP contribution in [-0.4, -0.2) is 25.1 Å². The molecule has 1 N–H and O–H groups in total. The minimum Gasteiger partial charge on any atom is -0.212 e. The second-order valence-electron chi connectivity index (χ2n) is 3.92. The zero-order valence-electron chi connectivity index (χ0n) is 7.37. The lowest BCUT2D eigenvalue weighted by Crippen LogP contribution is -2.39. The molecule has 0 bridgehead atoms. The first-order valence-corrected chi connectivity index (χ1v) is 6.73. The highest BCUT2D eigenvalue weighted by molar-refractivity contribution is 7.90. The van der Waals surface area contributed by atoms with Gasteiger partial charge in [-0.05, 0) is 25.7 Å². The fourth-order valence-corrected chi connectivity index (χ4v) is 3.80. The van der Waals surface area contributed by atoms with Gasteiger partial charge in [0.15, 0.2) is 0 Å². The van der Waals surface area contributed by atoms with Crippen LogP contribution in [0.15, 0.2) is 0 Å². The summed E-state index contributed by atoms with van der Waals surface area (Å²) in [5, 5.41) is -0.134. The van der Waals surface area contributed by atoms with Crippen molar-refractivity contribution in [1.29, 1.82) is 0 Å². The molecule has 13 heavy (non-hydrogen) atoms. The number of alkyl halides is 1. The highest BCUT2D eigenvalue weighted by Gasteiger charge is 2.39. The predicted octanol–water partition coefficient (Wildman–Crippen LogP) is 1.23. The molecular weight excluding hydrogens is 210 g/mol. The van der Waals surface area contributed by atoms with E-state index in [2.05, 4.69) is 4.72 Å². The first-order chi connectivity index (χ1) is 6.09. The minimum atomic E-state index is -3.04. The van der Waals surface area contributed by atoms with Crippen molar-refractivity contribution < 1.29 is 8.42 Å². The molecule has 2 aliphatic rings. The zero-order valence-corrected chi connectivity index (χ0v) is 8.94. The van der Waals surface area contributed by atoms with Gasteiger partial charge in [-0.1, -0.05) is 6.42 Å². The maximum atomic E-state index is 11.5. The molecule has 5 heteroatoms. The van der Waals surface area contributed by atoms with E-state index >= 15 is 0 Å². The number of halogens is 1. The van der Waals surface area contributed by atoms with Crippen molar-refractivity contribution in [3.05, 3.63) is 0 Å². The molecule has 2 fully saturated rings. The summed E-state index contributed by atoms with van der Waals surface area (Å²) in [6.45, 7) is 0. The van der Waals surface area contributed by atoms with Gasteiger partial charge in [0, 0.05) is 11.4 Å². The van der Waals surface area contributed by atoms with Gasteiger partial charge in [0.25, 0.3) is 0 Å². The number of sulfonamides is 1. The second kappa shape index (κ2) is 3.41. The molecule has 2 aliphatic carbocycles. The Bertz CT molecular complexity index is 287. The third-order valence-electron chi connectivity index (χ3n) is 2.71. The Hall–Kier alpha value is 0.200. The quantitative estimate of drug-likeness (QED) is 0.732. The predicted molar refractivity (Wildman–Crippen MR) is 52.4 cm³/mol. The van der Waals surface area contributed by atoms with Crippen LogP contribution in [0.2, 0.25) is 0 Å². The van der Waals surface area contributed by atoms with E-state index in [1.54, 1.807) is 0 Å². The van der Waals surface area contributed by atoms with Crippen molar-refractivity contribution >= 4 is 21.6 Å². The van der Waals surface area contributed by atoms with E-state index in [1.165, 1.54) is 0 Å². The molecule has 3 nitrogen and oxygen atoms in total. The summed E-state index contributed by atoms with van der Waals surface area (Å²) < 4.78 is 25.8. The van der Waals surface area contributed by atoms with Crippen LogP contribution in [0.25, 0.3) is 0 Å². The third-order valence-corrected chi connectivity index (χ3v) is 5.21. The smallest absolute Gasteiger partial charge is 0.212 e. The fraction of sp³-hybridized carbons (Fsp3) is 1.00. The Morgan fingerprint density at radius 3 is 2.31 bits per heavy atom. The highest BCUT2D eigenvalue weighted by Crippen LogP contribution is 2.30. The maximum absolute atomic E-state index is 11.5. The van der Waals surface area contributed by atoms with E-state index in [4.69, 9.17) is 11.6 Å². The largest absolute Gasteiger partial charge is 0.214 e. The van der Waals surface area contributed by atoms with Crippen LogP contribution >= 0.6 is 11.6 Å². The second-order valence-corrected chi connectivity index (χ2v) is 6.47. The van der Waals surface area contributed by atoms with Crippen LogP contribution in [0.1, 0.15) is 32.1 Å². The molecule has 0 radical (unpaired) electrons. The molecule has 0 saturated heterocycles. The molecule has 0 spiro atoms. The summed E-state index contributed by atoms with van der Waals surface area (Å²) in [7, 11) is -3.04. The van der Waals surface area contributed by atoms with E-state index in [0.29, 0.717) is 0 Å². The van der Waals surface area contributed by atoms with Crippen molar-refractivity contribution in [3.8, 4) is 0 Å². The monoisotopic (exact) mass is 223 g/mol. The molecule has 2 rings (SSSR count). The van der Waals surface area contributed by atoms with Gasteiger partial charge in [0.2, 0.25) is 10.0 Å². The molecule has 2 atom stereocenters. The first-order valence-electron chi connectivity index (χ1n) is 4.75. The molecule has 0 aromatic carbocycles. The van der Waals surface area contributed by atoms with Crippen LogP contribution in [0, 0.1) is 0 Å². The lowest BCUT2D eigenvalue weighted by Gasteiger charge is -2.15. The Morgan fingerprint density at radius 1 is 1.15 bits per heavy atom. The number of hydrogen-bond donors (Lipinski definition) is 1. The number of nitrogens with one attached hydrogen (secondary N) is 1. The summed E-state index contributed by atoms with van der Waals surface area (Å²) in [6.07, 6.45) is 4.48.